The summed E-state index contributed by atoms with van der Waals surface area (Å²) in [6.07, 6.45) is 0. The van der Waals surface area contributed by atoms with Gasteiger partial charge in [0.25, 0.3) is 0 Å². The number of amides is 2. The number of benzene rings is 2. The maximum Gasteiger partial charge on any atom is 0.352 e. The van der Waals surface area contributed by atoms with Crippen molar-refractivity contribution >= 4 is 54.6 Å². The predicted molar refractivity (Wildman–Crippen MR) is 130 cm³/mol. The number of hydrogen-bond acceptors (Lipinski definition) is 3. The number of urea groups is 1. The fraction of sp³-hybridized carbons (Fsp3) is 0.316. The van der Waals surface area contributed by atoms with Gasteiger partial charge >= 0.3 is 6.03 Å². The minimum atomic E-state index is -0.362. The van der Waals surface area contributed by atoms with Gasteiger partial charge in [-0.25, -0.2) is 4.79 Å². The van der Waals surface area contributed by atoms with Crippen molar-refractivity contribution in [2.24, 2.45) is 0 Å². The largest absolute Gasteiger partial charge is 0.352 e. The predicted octanol–water partition coefficient (Wildman–Crippen LogP) is 6.37. The second kappa shape index (κ2) is 13.9. The molecule has 7 heteroatoms. The van der Waals surface area contributed by atoms with E-state index >= 15 is 0 Å². The van der Waals surface area contributed by atoms with Gasteiger partial charge in [-0.05, 0) is 68.1 Å². The highest BCUT2D eigenvalue weighted by Crippen LogP contribution is 2.24. The quantitative estimate of drug-likeness (QED) is 0.250. The average molecular weight is 582 g/mol. The Labute approximate surface area is 180 Å². The first kappa shape index (κ1) is 24.8. The Morgan fingerprint density at radius 3 is 1.92 bits per heavy atom. The van der Waals surface area contributed by atoms with Gasteiger partial charge in [0.15, 0.2) is 0 Å². The number of rotatable bonds is 4. The topological polar surface area (TPSA) is 65.2 Å². The van der Waals surface area contributed by atoms with E-state index in [1.54, 1.807) is 0 Å². The van der Waals surface area contributed by atoms with Gasteiger partial charge in [0.1, 0.15) is 0 Å². The van der Waals surface area contributed by atoms with Gasteiger partial charge in [-0.1, -0.05) is 32.0 Å². The molecule has 4 N–H and O–H groups in total. The van der Waals surface area contributed by atoms with Crippen LogP contribution in [-0.2, 0) is 0 Å². The zero-order valence-corrected chi connectivity index (χ0v) is 20.4. The lowest BCUT2D eigenvalue weighted by Crippen LogP contribution is -2.42. The molecule has 0 saturated heterocycles. The zero-order valence-electron chi connectivity index (χ0n) is 16.1. The summed E-state index contributed by atoms with van der Waals surface area (Å²) >= 11 is 4.24. The minimum absolute atomic E-state index is 0.362. The van der Waals surface area contributed by atoms with Crippen molar-refractivity contribution in [2.45, 2.75) is 41.5 Å². The first-order chi connectivity index (χ1) is 12.5. The molecular weight excluding hydrogens is 554 g/mol. The normalized spacial score (nSPS) is 8.92. The highest BCUT2D eigenvalue weighted by molar-refractivity contribution is 15.0. The molecule has 0 unspecified atom stereocenters. The van der Waals surface area contributed by atoms with Gasteiger partial charge in [0, 0.05) is 37.2 Å². The number of aryl methyl sites for hydroxylation is 1. The first-order valence-electron chi connectivity index (χ1n) is 8.34. The molecule has 0 bridgehead atoms. The third kappa shape index (κ3) is 7.98. The van der Waals surface area contributed by atoms with E-state index in [0.717, 1.165) is 16.9 Å². The molecule has 5 nitrogen and oxygen atoms in total. The summed E-state index contributed by atoms with van der Waals surface area (Å²) in [6.45, 7) is 12.3. The number of halogens is 2. The van der Waals surface area contributed by atoms with Gasteiger partial charge in [0.2, 0.25) is 0 Å². The fourth-order valence-electron chi connectivity index (χ4n) is 2.15. The van der Waals surface area contributed by atoms with Crippen molar-refractivity contribution in [3.8, 4) is 0 Å². The minimum Gasteiger partial charge on any atom is -0.297 e. The Morgan fingerprint density at radius 1 is 0.808 bits per heavy atom. The van der Waals surface area contributed by atoms with Crippen LogP contribution in [0.2, 0.25) is 0 Å². The second-order valence-electron chi connectivity index (χ2n) is 5.31. The molecule has 144 valence electrons. The SMILES string of the molecule is CC.Cc1cc(NNC(=O)NNc2ccccc2)c(C)c(C)c1C.II. The molecule has 26 heavy (non-hydrogen) atoms. The average Bonchev–Trinajstić information content (AvgIpc) is 2.70. The van der Waals surface area contributed by atoms with Crippen LogP contribution in [0.1, 0.15) is 36.1 Å². The molecule has 0 spiro atoms. The third-order valence-electron chi connectivity index (χ3n) is 3.89. The Balaban J connectivity index is 0.00000146. The van der Waals surface area contributed by atoms with Gasteiger partial charge < -0.3 is 0 Å². The fourth-order valence-corrected chi connectivity index (χ4v) is 2.15. The molecule has 2 aromatic carbocycles. The number of hydrogen-bond donors (Lipinski definition) is 4. The molecule has 0 aliphatic rings. The second-order valence-corrected chi connectivity index (χ2v) is 5.31. The van der Waals surface area contributed by atoms with Gasteiger partial charge in [-0.15, -0.1) is 0 Å². The van der Waals surface area contributed by atoms with E-state index in [9.17, 15) is 4.79 Å². The maximum atomic E-state index is 11.8. The molecule has 2 rings (SSSR count). The molecule has 2 aromatic rings. The van der Waals surface area contributed by atoms with E-state index in [2.05, 4.69) is 79.7 Å². The van der Waals surface area contributed by atoms with E-state index < -0.39 is 0 Å². The molecule has 2 amide bonds. The Bertz CT molecular complexity index is 679. The van der Waals surface area contributed by atoms with Crippen molar-refractivity contribution in [1.82, 2.24) is 10.9 Å². The number of anilines is 2. The Kier molecular flexibility index (Phi) is 13.2. The molecule has 0 fully saturated rings. The third-order valence-corrected chi connectivity index (χ3v) is 3.89. The van der Waals surface area contributed by atoms with E-state index in [1.807, 2.05) is 57.2 Å². The lowest BCUT2D eigenvalue weighted by Gasteiger charge is -2.17. The molecule has 0 aliphatic heterocycles. The van der Waals surface area contributed by atoms with E-state index in [-0.39, 0.29) is 6.03 Å². The summed E-state index contributed by atoms with van der Waals surface area (Å²) < 4.78 is 0. The van der Waals surface area contributed by atoms with Crippen molar-refractivity contribution < 1.29 is 4.79 Å². The van der Waals surface area contributed by atoms with Crippen LogP contribution in [-0.4, -0.2) is 6.03 Å². The van der Waals surface area contributed by atoms with E-state index in [1.165, 1.54) is 16.7 Å². The first-order valence-corrected chi connectivity index (χ1v) is 14.6. The van der Waals surface area contributed by atoms with Crippen LogP contribution in [0.15, 0.2) is 36.4 Å². The molecule has 0 heterocycles. The number of hydrazine groups is 2. The van der Waals surface area contributed by atoms with Crippen LogP contribution in [0.5, 0.6) is 0 Å². The number of nitrogens with one attached hydrogen (secondary N) is 4. The lowest BCUT2D eigenvalue weighted by atomic mass is 9.98. The summed E-state index contributed by atoms with van der Waals surface area (Å²) in [6, 6.07) is 11.1. The van der Waals surface area contributed by atoms with Crippen molar-refractivity contribution in [2.75, 3.05) is 10.9 Å². The monoisotopic (exact) mass is 582 g/mol. The molecule has 0 aromatic heterocycles. The summed E-state index contributed by atoms with van der Waals surface area (Å²) in [5, 5.41) is 0. The summed E-state index contributed by atoms with van der Waals surface area (Å²) in [7, 11) is 0. The number of para-hydroxylation sites is 1. The zero-order chi connectivity index (χ0) is 20.1. The van der Waals surface area contributed by atoms with E-state index in [0.29, 0.717) is 0 Å². The van der Waals surface area contributed by atoms with Crippen molar-refractivity contribution in [1.29, 1.82) is 0 Å². The summed E-state index contributed by atoms with van der Waals surface area (Å²) in [4.78, 5) is 11.8. The molecule has 0 saturated carbocycles. The van der Waals surface area contributed by atoms with Crippen LogP contribution < -0.4 is 21.7 Å². The van der Waals surface area contributed by atoms with Gasteiger partial charge in [0.05, 0.1) is 11.4 Å². The van der Waals surface area contributed by atoms with Crippen molar-refractivity contribution in [3.05, 3.63) is 58.7 Å². The molecule has 0 aliphatic carbocycles. The van der Waals surface area contributed by atoms with Crippen LogP contribution in [0.4, 0.5) is 16.2 Å². The maximum absolute atomic E-state index is 11.8. The van der Waals surface area contributed by atoms with Gasteiger partial charge in [-0.3, -0.25) is 21.7 Å². The molecular formula is C19H28I2N4O. The van der Waals surface area contributed by atoms with Crippen LogP contribution in [0.25, 0.3) is 0 Å². The smallest absolute Gasteiger partial charge is 0.297 e. The highest BCUT2D eigenvalue weighted by Gasteiger charge is 2.07. The Morgan fingerprint density at radius 2 is 1.35 bits per heavy atom. The summed E-state index contributed by atoms with van der Waals surface area (Å²) in [5.41, 5.74) is 17.5. The van der Waals surface area contributed by atoms with Gasteiger partial charge in [-0.2, -0.15) is 0 Å². The van der Waals surface area contributed by atoms with E-state index in [4.69, 9.17) is 0 Å². The molecule has 0 radical (unpaired) electrons. The number of carbonyl (C=O) groups is 1. The molecule has 0 atom stereocenters. The summed E-state index contributed by atoms with van der Waals surface area (Å²) in [5.74, 6) is 0. The lowest BCUT2D eigenvalue weighted by molar-refractivity contribution is 0.244. The van der Waals surface area contributed by atoms with Crippen molar-refractivity contribution in [3.63, 3.8) is 0 Å². The van der Waals surface area contributed by atoms with Crippen LogP contribution in [0.3, 0.4) is 0 Å². The van der Waals surface area contributed by atoms with Crippen LogP contribution in [0, 0.1) is 27.7 Å². The highest BCUT2D eigenvalue weighted by atomic mass is 128. The van der Waals surface area contributed by atoms with Crippen LogP contribution >= 0.6 is 37.2 Å². The number of carbonyl (C=O) groups excluding carboxylic acids is 1. The standard InChI is InChI=1S/C17H22N4O.C2H6.I2/c1-11-10-16(14(4)13(3)12(11)2)19-21-17(22)20-18-15-8-6-5-7-9-15;2*1-2/h5-10,18-19H,1-4H3,(H2,20,21,22);1-2H3;. The Hall–Kier alpha value is -1.23.